The first-order valence-corrected chi connectivity index (χ1v) is 6.48. The van der Waals surface area contributed by atoms with Crippen molar-refractivity contribution < 1.29 is 14.6 Å². The molecule has 0 amide bonds. The Morgan fingerprint density at radius 1 is 1.40 bits per heavy atom. The molecule has 20 heavy (non-hydrogen) atoms. The fourth-order valence-electron chi connectivity index (χ4n) is 2.41. The van der Waals surface area contributed by atoms with E-state index < -0.39 is 0 Å². The second-order valence-corrected chi connectivity index (χ2v) is 4.83. The highest BCUT2D eigenvalue weighted by Crippen LogP contribution is 2.24. The molecule has 1 N–H and O–H groups in total. The molecule has 1 atom stereocenters. The van der Waals surface area contributed by atoms with Crippen molar-refractivity contribution >= 4 is 5.97 Å². The summed E-state index contributed by atoms with van der Waals surface area (Å²) in [4.78, 5) is 16.1. The third-order valence-corrected chi connectivity index (χ3v) is 3.53. The second kappa shape index (κ2) is 4.96. The highest BCUT2D eigenvalue weighted by atomic mass is 16.5. The summed E-state index contributed by atoms with van der Waals surface area (Å²) in [5.41, 5.74) is 0.847. The smallest absolute Gasteiger partial charge is 0.309 e. The molecule has 1 unspecified atom stereocenters. The number of aryl methyl sites for hydroxylation is 1. The number of aromatic nitrogens is 3. The average molecular weight is 273 g/mol. The van der Waals surface area contributed by atoms with Crippen molar-refractivity contribution in [3.05, 3.63) is 30.1 Å². The van der Waals surface area contributed by atoms with Crippen LogP contribution in [-0.4, -0.2) is 33.0 Å². The average Bonchev–Trinajstić information content (AvgIpc) is 2.90. The number of carbonyl (C=O) groups is 1. The standard InChI is InChI=1S/C14H15N3O3/c1-20-14(19)10-6-7-17-12(8-10)15-13(16-17)9-2-4-11(18)5-3-9/h2-5,10,18H,6-8H2,1H3. The van der Waals surface area contributed by atoms with Gasteiger partial charge >= 0.3 is 5.97 Å². The minimum atomic E-state index is -0.189. The fraction of sp³-hybridized carbons (Fsp3) is 0.357. The number of hydrogen-bond donors (Lipinski definition) is 1. The summed E-state index contributed by atoms with van der Waals surface area (Å²) < 4.78 is 6.62. The Labute approximate surface area is 116 Å². The number of rotatable bonds is 2. The van der Waals surface area contributed by atoms with Crippen molar-refractivity contribution in [2.75, 3.05) is 7.11 Å². The normalized spacial score (nSPS) is 17.6. The van der Waals surface area contributed by atoms with Crippen molar-refractivity contribution in [2.45, 2.75) is 19.4 Å². The molecule has 1 aromatic carbocycles. The third-order valence-electron chi connectivity index (χ3n) is 3.53. The molecule has 0 radical (unpaired) electrons. The molecule has 104 valence electrons. The SMILES string of the molecule is COC(=O)C1CCn2nc(-c3ccc(O)cc3)nc2C1. The van der Waals surface area contributed by atoms with Crippen LogP contribution < -0.4 is 0 Å². The molecule has 0 saturated carbocycles. The summed E-state index contributed by atoms with van der Waals surface area (Å²) >= 11 is 0. The van der Waals surface area contributed by atoms with Gasteiger partial charge in [-0.2, -0.15) is 5.10 Å². The molecule has 1 aliphatic rings. The van der Waals surface area contributed by atoms with Gasteiger partial charge in [-0.05, 0) is 30.7 Å². The molecule has 1 aliphatic heterocycles. The van der Waals surface area contributed by atoms with E-state index in [0.717, 1.165) is 17.8 Å². The number of aromatic hydroxyl groups is 1. The van der Waals surface area contributed by atoms with Gasteiger partial charge in [0.25, 0.3) is 0 Å². The maximum absolute atomic E-state index is 11.6. The van der Waals surface area contributed by atoms with Gasteiger partial charge in [0.05, 0.1) is 13.0 Å². The minimum absolute atomic E-state index is 0.135. The van der Waals surface area contributed by atoms with Gasteiger partial charge in [0.2, 0.25) is 0 Å². The number of hydrogen-bond acceptors (Lipinski definition) is 5. The van der Waals surface area contributed by atoms with Crippen LogP contribution in [0.15, 0.2) is 24.3 Å². The Balaban J connectivity index is 1.86. The molecule has 0 fully saturated rings. The summed E-state index contributed by atoms with van der Waals surface area (Å²) in [6, 6.07) is 6.75. The van der Waals surface area contributed by atoms with E-state index in [9.17, 15) is 9.90 Å². The van der Waals surface area contributed by atoms with Crippen molar-refractivity contribution in [2.24, 2.45) is 5.92 Å². The molecule has 0 aliphatic carbocycles. The summed E-state index contributed by atoms with van der Waals surface area (Å²) in [6.45, 7) is 0.667. The van der Waals surface area contributed by atoms with E-state index >= 15 is 0 Å². The van der Waals surface area contributed by atoms with Crippen LogP contribution in [0.2, 0.25) is 0 Å². The molecule has 0 saturated heterocycles. The zero-order valence-corrected chi connectivity index (χ0v) is 11.1. The number of fused-ring (bicyclic) bond motifs is 1. The third kappa shape index (κ3) is 2.24. The monoisotopic (exact) mass is 273 g/mol. The highest BCUT2D eigenvalue weighted by molar-refractivity contribution is 5.72. The van der Waals surface area contributed by atoms with Gasteiger partial charge in [-0.1, -0.05) is 0 Å². The Kier molecular flexibility index (Phi) is 3.14. The highest BCUT2D eigenvalue weighted by Gasteiger charge is 2.27. The van der Waals surface area contributed by atoms with E-state index in [0.29, 0.717) is 18.8 Å². The Bertz CT molecular complexity index is 634. The minimum Gasteiger partial charge on any atom is -0.508 e. The maximum atomic E-state index is 11.6. The lowest BCUT2D eigenvalue weighted by atomic mass is 9.98. The number of ether oxygens (including phenoxy) is 1. The topological polar surface area (TPSA) is 77.2 Å². The summed E-state index contributed by atoms with van der Waals surface area (Å²) in [6.07, 6.45) is 1.27. The van der Waals surface area contributed by atoms with Gasteiger partial charge in [0, 0.05) is 18.5 Å². The Hall–Kier alpha value is -2.37. The number of phenolic OH excluding ortho intramolecular Hbond substituents is 1. The van der Waals surface area contributed by atoms with Gasteiger partial charge in [-0.25, -0.2) is 9.67 Å². The molecule has 6 heteroatoms. The predicted molar refractivity (Wildman–Crippen MR) is 70.9 cm³/mol. The summed E-state index contributed by atoms with van der Waals surface area (Å²) in [5, 5.41) is 13.7. The van der Waals surface area contributed by atoms with Crippen LogP contribution in [0, 0.1) is 5.92 Å². The molecular weight excluding hydrogens is 258 g/mol. The lowest BCUT2D eigenvalue weighted by Gasteiger charge is -2.19. The summed E-state index contributed by atoms with van der Waals surface area (Å²) in [7, 11) is 1.41. The van der Waals surface area contributed by atoms with Crippen molar-refractivity contribution in [3.63, 3.8) is 0 Å². The first kappa shape index (κ1) is 12.7. The first-order chi connectivity index (χ1) is 9.67. The summed E-state index contributed by atoms with van der Waals surface area (Å²) in [5.74, 6) is 1.30. The predicted octanol–water partition coefficient (Wildman–Crippen LogP) is 1.39. The fourth-order valence-corrected chi connectivity index (χ4v) is 2.41. The Morgan fingerprint density at radius 3 is 2.85 bits per heavy atom. The van der Waals surface area contributed by atoms with Crippen molar-refractivity contribution in [1.29, 1.82) is 0 Å². The maximum Gasteiger partial charge on any atom is 0.309 e. The van der Waals surface area contributed by atoms with E-state index in [4.69, 9.17) is 4.74 Å². The van der Waals surface area contributed by atoms with E-state index in [1.807, 2.05) is 4.68 Å². The van der Waals surface area contributed by atoms with Crippen LogP contribution in [0.25, 0.3) is 11.4 Å². The Morgan fingerprint density at radius 2 is 2.15 bits per heavy atom. The van der Waals surface area contributed by atoms with Gasteiger partial charge in [0.15, 0.2) is 5.82 Å². The van der Waals surface area contributed by atoms with Gasteiger partial charge in [0.1, 0.15) is 11.6 Å². The first-order valence-electron chi connectivity index (χ1n) is 6.48. The lowest BCUT2D eigenvalue weighted by molar-refractivity contribution is -0.146. The van der Waals surface area contributed by atoms with Crippen LogP contribution in [-0.2, 0) is 22.5 Å². The molecule has 0 spiro atoms. The molecule has 2 heterocycles. The zero-order valence-electron chi connectivity index (χ0n) is 11.1. The number of benzene rings is 1. The van der Waals surface area contributed by atoms with E-state index in [1.165, 1.54) is 7.11 Å². The van der Waals surface area contributed by atoms with Crippen LogP contribution in [0.3, 0.4) is 0 Å². The largest absolute Gasteiger partial charge is 0.508 e. The number of esters is 1. The quantitative estimate of drug-likeness (QED) is 0.837. The number of methoxy groups -OCH3 is 1. The number of carbonyl (C=O) groups excluding carboxylic acids is 1. The van der Waals surface area contributed by atoms with Gasteiger partial charge in [-0.15, -0.1) is 0 Å². The number of nitrogens with zero attached hydrogens (tertiary/aromatic N) is 3. The van der Waals surface area contributed by atoms with Gasteiger partial charge < -0.3 is 9.84 Å². The molecule has 2 aromatic rings. The zero-order chi connectivity index (χ0) is 14.1. The van der Waals surface area contributed by atoms with Gasteiger partial charge in [-0.3, -0.25) is 4.79 Å². The molecule has 0 bridgehead atoms. The van der Waals surface area contributed by atoms with Crippen LogP contribution in [0.1, 0.15) is 12.2 Å². The molecular formula is C14H15N3O3. The van der Waals surface area contributed by atoms with Crippen LogP contribution in [0.5, 0.6) is 5.75 Å². The molecule has 6 nitrogen and oxygen atoms in total. The van der Waals surface area contributed by atoms with Crippen molar-refractivity contribution in [1.82, 2.24) is 14.8 Å². The van der Waals surface area contributed by atoms with Crippen LogP contribution in [0.4, 0.5) is 0 Å². The second-order valence-electron chi connectivity index (χ2n) is 4.83. The van der Waals surface area contributed by atoms with E-state index in [1.54, 1.807) is 24.3 Å². The molecule has 1 aromatic heterocycles. The van der Waals surface area contributed by atoms with E-state index in [2.05, 4.69) is 10.1 Å². The van der Waals surface area contributed by atoms with Crippen molar-refractivity contribution in [3.8, 4) is 17.1 Å². The lowest BCUT2D eigenvalue weighted by Crippen LogP contribution is -2.27. The van der Waals surface area contributed by atoms with E-state index in [-0.39, 0.29) is 17.6 Å². The molecule has 3 rings (SSSR count). The van der Waals surface area contributed by atoms with Crippen LogP contribution >= 0.6 is 0 Å². The number of phenols is 1.